The number of aliphatic hydroxyl groups is 2. The van der Waals surface area contributed by atoms with E-state index in [1.54, 1.807) is 32.0 Å². The van der Waals surface area contributed by atoms with Gasteiger partial charge in [-0.25, -0.2) is 4.98 Å². The average Bonchev–Trinajstić information content (AvgIpc) is 4.34. The van der Waals surface area contributed by atoms with Crippen LogP contribution in [0.15, 0.2) is 65.0 Å². The fourth-order valence-electron chi connectivity index (χ4n) is 8.96. The molecule has 31 nitrogen and oxygen atoms in total. The third-order valence-electron chi connectivity index (χ3n) is 14.1. The maximum atomic E-state index is 14.6. The van der Waals surface area contributed by atoms with Crippen LogP contribution in [0.5, 0.6) is 0 Å². The minimum atomic E-state index is -1.86. The largest absolute Gasteiger partial charge is 0.480 e. The van der Waals surface area contributed by atoms with E-state index in [0.717, 1.165) is 29.5 Å². The predicted octanol–water partition coefficient (Wildman–Crippen LogP) is -4.85. The first-order valence-corrected chi connectivity index (χ1v) is 28.3. The van der Waals surface area contributed by atoms with Crippen LogP contribution in [0.2, 0.25) is 0 Å². The van der Waals surface area contributed by atoms with Gasteiger partial charge < -0.3 is 96.0 Å². The summed E-state index contributed by atoms with van der Waals surface area (Å²) in [6, 6.07) is 2.34. The predicted molar refractivity (Wildman–Crippen MR) is 315 cm³/mol. The molecular weight excluding hydrogens is 1120 g/mol. The van der Waals surface area contributed by atoms with Crippen molar-refractivity contribution in [2.24, 2.45) is 44.6 Å². The van der Waals surface area contributed by atoms with Gasteiger partial charge in [0.15, 0.2) is 11.9 Å². The molecule has 1 fully saturated rings. The van der Waals surface area contributed by atoms with Crippen molar-refractivity contribution < 1.29 is 63.3 Å². The summed E-state index contributed by atoms with van der Waals surface area (Å²) in [7, 11) is 0. The van der Waals surface area contributed by atoms with Crippen molar-refractivity contribution in [3.63, 3.8) is 0 Å². The number of aromatic nitrogens is 2. The zero-order valence-electron chi connectivity index (χ0n) is 49.0. The zero-order chi connectivity index (χ0) is 63.8. The standard InChI is InChI=1S/C55H84N18O13/c1-6-29(2)44(53(86)73(27-43(78)79)36-17-18-36)69-41(76)26-72(21-11-20-63-55(59)60)42(77)25-64-51(84)45(31(4)74)71-52(85)46(32(5)75)70-50(83)40(23-35-24-61-28-65-35)68-49(82)39(22-34-14-9-13-33-12-7-8-15-37(33)34)67-47(80)30(3)66-48(81)38(56)16-10-19-62-54(57)58/h7-9,12-15,24,28-32,36,38-40,44-46,74-75H,6,10-11,16-23,25-27,56H2,1-5H3,(H,61,65)(H,64,84)(H,66,81)(H,67,80)(H,68,82)(H,69,76)(H,70,83)(H,71,85)(H,78,79)(H4,57,58,62)(H4,59,60,63)/t29?,30-,31+,32+,38-,39-,40-,44-,45-,46-/m0/s1. The lowest BCUT2D eigenvalue weighted by molar-refractivity contribution is -0.147. The molecule has 0 saturated heterocycles. The van der Waals surface area contributed by atoms with Gasteiger partial charge in [0.05, 0.1) is 37.7 Å². The number of carboxylic acids is 1. The molecule has 10 atom stereocenters. The van der Waals surface area contributed by atoms with Crippen LogP contribution >= 0.6 is 0 Å². The molecule has 31 heteroatoms. The van der Waals surface area contributed by atoms with Crippen molar-refractivity contribution in [1.29, 1.82) is 0 Å². The number of nitrogens with zero attached hydrogens (tertiary/aromatic N) is 5. The molecule has 0 radical (unpaired) electrons. The summed E-state index contributed by atoms with van der Waals surface area (Å²) >= 11 is 0. The maximum absolute atomic E-state index is 14.6. The number of nitrogens with one attached hydrogen (secondary N) is 8. The maximum Gasteiger partial charge on any atom is 0.323 e. The normalized spacial score (nSPS) is 15.4. The lowest BCUT2D eigenvalue weighted by atomic mass is 9.97. The number of nitrogens with two attached hydrogens (primary N) is 5. The first-order valence-electron chi connectivity index (χ1n) is 28.3. The molecular formula is C55H84N18O13. The Hall–Kier alpha value is -8.97. The second-order valence-electron chi connectivity index (χ2n) is 21.2. The molecule has 1 saturated carbocycles. The summed E-state index contributed by atoms with van der Waals surface area (Å²) < 4.78 is 0. The first kappa shape index (κ1) is 69.5. The lowest BCUT2D eigenvalue weighted by Crippen LogP contribution is -2.62. The molecule has 1 aromatic heterocycles. The van der Waals surface area contributed by atoms with Gasteiger partial charge in [-0.3, -0.25) is 57.9 Å². The van der Waals surface area contributed by atoms with Gasteiger partial charge in [0.25, 0.3) is 0 Å². The first-order chi connectivity index (χ1) is 40.7. The average molecular weight is 1210 g/mol. The Morgan fingerprint density at radius 2 is 1.29 bits per heavy atom. The highest BCUT2D eigenvalue weighted by Crippen LogP contribution is 2.28. The minimum Gasteiger partial charge on any atom is -0.480 e. The monoisotopic (exact) mass is 1200 g/mol. The number of carbonyl (C=O) groups is 10. The molecule has 21 N–H and O–H groups in total. The molecule has 3 aromatic rings. The van der Waals surface area contributed by atoms with Gasteiger partial charge in [-0.1, -0.05) is 62.7 Å². The molecule has 1 aliphatic carbocycles. The topological polar surface area (TPSA) is 506 Å². The third-order valence-corrected chi connectivity index (χ3v) is 14.1. The van der Waals surface area contributed by atoms with Gasteiger partial charge in [-0.15, -0.1) is 0 Å². The highest BCUT2D eigenvalue weighted by Gasteiger charge is 2.40. The van der Waals surface area contributed by atoms with Crippen molar-refractivity contribution in [2.75, 3.05) is 39.3 Å². The molecule has 0 aliphatic heterocycles. The number of aliphatic carboxylic acids is 1. The summed E-state index contributed by atoms with van der Waals surface area (Å²) in [5, 5.41) is 50.4. The van der Waals surface area contributed by atoms with Crippen LogP contribution in [0, 0.1) is 5.92 Å². The molecule has 1 aliphatic rings. The van der Waals surface area contributed by atoms with E-state index in [2.05, 4.69) is 57.2 Å². The Morgan fingerprint density at radius 1 is 0.698 bits per heavy atom. The van der Waals surface area contributed by atoms with E-state index in [1.165, 1.54) is 24.3 Å². The quantitative estimate of drug-likeness (QED) is 0.0147. The van der Waals surface area contributed by atoms with E-state index in [-0.39, 0.29) is 63.3 Å². The minimum absolute atomic E-state index is 0.0292. The Morgan fingerprint density at radius 3 is 1.90 bits per heavy atom. The van der Waals surface area contributed by atoms with Crippen LogP contribution in [0.4, 0.5) is 0 Å². The van der Waals surface area contributed by atoms with Crippen molar-refractivity contribution in [1.82, 2.24) is 57.0 Å². The lowest BCUT2D eigenvalue weighted by Gasteiger charge is -2.31. The summed E-state index contributed by atoms with van der Waals surface area (Å²) in [6.07, 6.45) is 1.23. The highest BCUT2D eigenvalue weighted by atomic mass is 16.4. The number of carboxylic acid groups (broad SMARTS) is 1. The summed E-state index contributed by atoms with van der Waals surface area (Å²) in [5.41, 5.74) is 28.7. The van der Waals surface area contributed by atoms with Crippen LogP contribution in [0.3, 0.4) is 0 Å². The number of amides is 9. The number of benzene rings is 2. The number of aromatic amines is 1. The van der Waals surface area contributed by atoms with Gasteiger partial charge in [-0.2, -0.15) is 0 Å². The Labute approximate surface area is 497 Å². The van der Waals surface area contributed by atoms with E-state index in [0.29, 0.717) is 36.9 Å². The number of hydrogen-bond acceptors (Lipinski definition) is 16. The molecule has 0 spiro atoms. The second kappa shape index (κ2) is 34.1. The molecule has 472 valence electrons. The van der Waals surface area contributed by atoms with E-state index >= 15 is 0 Å². The SMILES string of the molecule is CCC(C)[C@H](NC(=O)CN(CCCN=C(N)N)C(=O)CNC(=O)[C@@H](NC(=O)[C@@H](NC(=O)[C@H](Cc1cnc[nH]1)NC(=O)[C@H](Cc1cccc2ccccc12)NC(=O)[C@H](C)NC(=O)[C@@H](N)CCCN=C(N)N)[C@@H](C)O)[C@@H](C)O)C(=O)N(CC(=O)O)C1CC1. The van der Waals surface area contributed by atoms with Crippen molar-refractivity contribution in [2.45, 2.75) is 147 Å². The van der Waals surface area contributed by atoms with Crippen molar-refractivity contribution >= 4 is 81.8 Å². The fraction of sp³-hybridized carbons (Fsp3) is 0.545. The van der Waals surface area contributed by atoms with Gasteiger partial charge in [0.1, 0.15) is 42.8 Å². The van der Waals surface area contributed by atoms with E-state index in [9.17, 15) is 63.3 Å². The fourth-order valence-corrected chi connectivity index (χ4v) is 8.96. The summed E-state index contributed by atoms with van der Waals surface area (Å²) in [4.78, 5) is 153. The van der Waals surface area contributed by atoms with Gasteiger partial charge in [0, 0.05) is 50.4 Å². The number of guanidine groups is 2. The van der Waals surface area contributed by atoms with Crippen LogP contribution in [0.1, 0.15) is 84.4 Å². The Balaban J connectivity index is 1.52. The van der Waals surface area contributed by atoms with E-state index < -0.39 is 139 Å². The third kappa shape index (κ3) is 22.6. The van der Waals surface area contributed by atoms with E-state index in [1.807, 2.05) is 24.3 Å². The summed E-state index contributed by atoms with van der Waals surface area (Å²) in [5.74, 6) is -9.90. The number of fused-ring (bicyclic) bond motifs is 1. The number of rotatable bonds is 36. The van der Waals surface area contributed by atoms with Gasteiger partial charge in [-0.05, 0) is 75.1 Å². The number of imidazole rings is 1. The number of carbonyl (C=O) groups excluding carboxylic acids is 9. The van der Waals surface area contributed by atoms with Crippen LogP contribution < -0.4 is 65.9 Å². The number of H-pyrrole nitrogens is 1. The van der Waals surface area contributed by atoms with Gasteiger partial charge >= 0.3 is 5.97 Å². The van der Waals surface area contributed by atoms with E-state index in [4.69, 9.17) is 28.7 Å². The molecule has 2 aromatic carbocycles. The highest BCUT2D eigenvalue weighted by molar-refractivity contribution is 5.98. The molecule has 9 amide bonds. The molecule has 4 rings (SSSR count). The number of aliphatic imine (C=N–C) groups is 2. The van der Waals surface area contributed by atoms with Gasteiger partial charge in [0.2, 0.25) is 53.2 Å². The van der Waals surface area contributed by atoms with Crippen LogP contribution in [0.25, 0.3) is 10.8 Å². The molecule has 1 heterocycles. The molecule has 86 heavy (non-hydrogen) atoms. The van der Waals surface area contributed by atoms with Crippen molar-refractivity contribution in [3.8, 4) is 0 Å². The van der Waals surface area contributed by atoms with Crippen LogP contribution in [-0.4, -0.2) is 206 Å². The molecule has 1 unspecified atom stereocenters. The zero-order valence-corrected chi connectivity index (χ0v) is 49.0. The Kier molecular flexibility index (Phi) is 27.6. The second-order valence-corrected chi connectivity index (χ2v) is 21.2. The molecule has 0 bridgehead atoms. The van der Waals surface area contributed by atoms with Crippen LogP contribution in [-0.2, 0) is 60.8 Å². The van der Waals surface area contributed by atoms with Crippen molar-refractivity contribution in [3.05, 3.63) is 66.2 Å². The number of aliphatic hydroxyl groups excluding tert-OH is 2. The number of hydrogen-bond donors (Lipinski definition) is 16. The Bertz CT molecular complexity index is 2870. The smallest absolute Gasteiger partial charge is 0.323 e. The summed E-state index contributed by atoms with van der Waals surface area (Å²) in [6.45, 7) is 5.29.